The van der Waals surface area contributed by atoms with Crippen molar-refractivity contribution >= 4 is 45.3 Å². The number of ether oxygens (including phenoxy) is 1. The van der Waals surface area contributed by atoms with Gasteiger partial charge in [0.1, 0.15) is 12.1 Å². The van der Waals surface area contributed by atoms with Gasteiger partial charge in [-0.2, -0.15) is 4.52 Å². The maximum atomic E-state index is 12.0. The van der Waals surface area contributed by atoms with Gasteiger partial charge in [0, 0.05) is 6.07 Å². The van der Waals surface area contributed by atoms with E-state index >= 15 is 0 Å². The van der Waals surface area contributed by atoms with Crippen molar-refractivity contribution in [3.63, 3.8) is 0 Å². The zero-order chi connectivity index (χ0) is 17.1. The van der Waals surface area contributed by atoms with Gasteiger partial charge in [0.2, 0.25) is 10.9 Å². The van der Waals surface area contributed by atoms with Crippen molar-refractivity contribution in [3.8, 4) is 5.75 Å². The quantitative estimate of drug-likeness (QED) is 0.398. The average Bonchev–Trinajstić information content (AvgIpc) is 3.14. The zero-order valence-corrected chi connectivity index (χ0v) is 13.8. The van der Waals surface area contributed by atoms with Gasteiger partial charge in [-0.05, 0) is 6.07 Å². The van der Waals surface area contributed by atoms with Gasteiger partial charge in [-0.15, -0.1) is 15.3 Å². The molecule has 0 bridgehead atoms. The highest BCUT2D eigenvalue weighted by molar-refractivity contribution is 8.01. The molecule has 2 aromatic heterocycles. The van der Waals surface area contributed by atoms with Crippen LogP contribution in [0.4, 0.5) is 11.4 Å². The first kappa shape index (κ1) is 16.1. The summed E-state index contributed by atoms with van der Waals surface area (Å²) in [6.45, 7) is 0. The van der Waals surface area contributed by atoms with Crippen LogP contribution in [0, 0.1) is 10.1 Å². The van der Waals surface area contributed by atoms with Crippen molar-refractivity contribution in [1.29, 1.82) is 0 Å². The summed E-state index contributed by atoms with van der Waals surface area (Å²) in [6, 6.07) is 3.99. The van der Waals surface area contributed by atoms with Crippen molar-refractivity contribution in [2.45, 2.75) is 4.34 Å². The van der Waals surface area contributed by atoms with Gasteiger partial charge in [-0.3, -0.25) is 14.9 Å². The molecule has 0 saturated carbocycles. The van der Waals surface area contributed by atoms with Crippen LogP contribution < -0.4 is 10.1 Å². The minimum atomic E-state index is -0.530. The SMILES string of the molecule is COc1cc([N+](=O)[O-])ccc1NC(=O)CSc1nn2cnnc2s1. The average molecular weight is 366 g/mol. The van der Waals surface area contributed by atoms with Crippen molar-refractivity contribution in [2.75, 3.05) is 18.2 Å². The molecule has 1 amide bonds. The Kier molecular flexibility index (Phi) is 4.57. The summed E-state index contributed by atoms with van der Waals surface area (Å²) in [7, 11) is 1.38. The molecule has 2 heterocycles. The third-order valence-corrected chi connectivity index (χ3v) is 4.91. The highest BCUT2D eigenvalue weighted by atomic mass is 32.2. The molecule has 0 fully saturated rings. The fourth-order valence-corrected chi connectivity index (χ4v) is 3.47. The van der Waals surface area contributed by atoms with E-state index in [0.29, 0.717) is 15.0 Å². The number of methoxy groups -OCH3 is 1. The molecule has 12 heteroatoms. The molecule has 0 aliphatic heterocycles. The number of nitro groups is 1. The summed E-state index contributed by atoms with van der Waals surface area (Å²) in [5, 5.41) is 25.2. The number of anilines is 1. The normalized spacial score (nSPS) is 10.7. The largest absolute Gasteiger partial charge is 0.494 e. The van der Waals surface area contributed by atoms with E-state index in [-0.39, 0.29) is 23.1 Å². The van der Waals surface area contributed by atoms with Crippen LogP contribution in [0.15, 0.2) is 28.9 Å². The van der Waals surface area contributed by atoms with Crippen LogP contribution in [0.2, 0.25) is 0 Å². The molecule has 24 heavy (non-hydrogen) atoms. The van der Waals surface area contributed by atoms with Gasteiger partial charge in [0.25, 0.3) is 5.69 Å². The van der Waals surface area contributed by atoms with Crippen LogP contribution in [0.1, 0.15) is 0 Å². The molecular weight excluding hydrogens is 356 g/mol. The van der Waals surface area contributed by atoms with Gasteiger partial charge in [-0.1, -0.05) is 23.1 Å². The standard InChI is InChI=1S/C12H10N6O4S2/c1-22-9-4-7(18(20)21)2-3-8(9)14-10(19)5-23-12-16-17-6-13-15-11(17)24-12/h2-4,6H,5H2,1H3,(H,14,19). The number of amides is 1. The highest BCUT2D eigenvalue weighted by Gasteiger charge is 2.14. The topological polar surface area (TPSA) is 125 Å². The Morgan fingerprint density at radius 3 is 3.08 bits per heavy atom. The smallest absolute Gasteiger partial charge is 0.273 e. The van der Waals surface area contributed by atoms with E-state index in [9.17, 15) is 14.9 Å². The number of aromatic nitrogens is 4. The Balaban J connectivity index is 1.63. The number of rotatable bonds is 6. The van der Waals surface area contributed by atoms with E-state index < -0.39 is 4.92 Å². The Hall–Kier alpha value is -2.73. The van der Waals surface area contributed by atoms with Crippen LogP contribution in [0.3, 0.4) is 0 Å². The van der Waals surface area contributed by atoms with Gasteiger partial charge in [0.15, 0.2) is 4.34 Å². The maximum Gasteiger partial charge on any atom is 0.273 e. The predicted octanol–water partition coefficient (Wildman–Crippen LogP) is 1.83. The summed E-state index contributed by atoms with van der Waals surface area (Å²) in [4.78, 5) is 22.9. The minimum Gasteiger partial charge on any atom is -0.494 e. The summed E-state index contributed by atoms with van der Waals surface area (Å²) in [5.74, 6) is 0.0731. The molecule has 0 aliphatic rings. The van der Waals surface area contributed by atoms with E-state index in [1.165, 1.54) is 59.3 Å². The van der Waals surface area contributed by atoms with Gasteiger partial charge >= 0.3 is 0 Å². The van der Waals surface area contributed by atoms with E-state index in [0.717, 1.165) is 0 Å². The molecular formula is C12H10N6O4S2. The minimum absolute atomic E-state index is 0.112. The molecule has 3 rings (SSSR count). The lowest BCUT2D eigenvalue weighted by Crippen LogP contribution is -2.14. The Labute approximate surface area is 143 Å². The molecule has 0 saturated heterocycles. The number of non-ortho nitro benzene ring substituents is 1. The first-order valence-electron chi connectivity index (χ1n) is 6.49. The lowest BCUT2D eigenvalue weighted by Gasteiger charge is -2.09. The molecule has 10 nitrogen and oxygen atoms in total. The molecule has 1 aromatic carbocycles. The number of thioether (sulfide) groups is 1. The number of fused-ring (bicyclic) bond motifs is 1. The lowest BCUT2D eigenvalue weighted by atomic mass is 10.2. The number of nitro benzene ring substituents is 1. The molecule has 0 atom stereocenters. The third-order valence-electron chi connectivity index (χ3n) is 2.87. The second kappa shape index (κ2) is 6.80. The summed E-state index contributed by atoms with van der Waals surface area (Å²) < 4.78 is 7.29. The van der Waals surface area contributed by atoms with Crippen LogP contribution >= 0.6 is 23.1 Å². The fourth-order valence-electron chi connectivity index (χ4n) is 1.81. The van der Waals surface area contributed by atoms with Crippen molar-refractivity contribution in [2.24, 2.45) is 0 Å². The van der Waals surface area contributed by atoms with Gasteiger partial charge in [0.05, 0.1) is 29.5 Å². The monoisotopic (exact) mass is 366 g/mol. The van der Waals surface area contributed by atoms with Crippen LogP contribution in [-0.2, 0) is 4.79 Å². The van der Waals surface area contributed by atoms with E-state index in [4.69, 9.17) is 4.74 Å². The number of nitrogens with zero attached hydrogens (tertiary/aromatic N) is 5. The lowest BCUT2D eigenvalue weighted by molar-refractivity contribution is -0.384. The number of hydrogen-bond donors (Lipinski definition) is 1. The highest BCUT2D eigenvalue weighted by Crippen LogP contribution is 2.29. The first-order chi connectivity index (χ1) is 11.6. The van der Waals surface area contributed by atoms with Crippen molar-refractivity contribution in [1.82, 2.24) is 19.8 Å². The number of carbonyl (C=O) groups excluding carboxylic acids is 1. The molecule has 124 valence electrons. The van der Waals surface area contributed by atoms with Crippen molar-refractivity contribution in [3.05, 3.63) is 34.6 Å². The first-order valence-corrected chi connectivity index (χ1v) is 8.29. The van der Waals surface area contributed by atoms with Crippen LogP contribution in [0.5, 0.6) is 5.75 Å². The molecule has 0 radical (unpaired) electrons. The molecule has 0 unspecified atom stereocenters. The van der Waals surface area contributed by atoms with Crippen LogP contribution in [-0.4, -0.2) is 43.5 Å². The van der Waals surface area contributed by atoms with E-state index in [2.05, 4.69) is 20.6 Å². The molecule has 3 aromatic rings. The second-order valence-corrected chi connectivity index (χ2v) is 6.58. The Morgan fingerprint density at radius 1 is 1.54 bits per heavy atom. The number of carbonyl (C=O) groups is 1. The van der Waals surface area contributed by atoms with Crippen molar-refractivity contribution < 1.29 is 14.5 Å². The van der Waals surface area contributed by atoms with E-state index in [1.54, 1.807) is 0 Å². The summed E-state index contributed by atoms with van der Waals surface area (Å²) >= 11 is 2.58. The molecule has 0 aliphatic carbocycles. The number of nitrogens with one attached hydrogen (secondary N) is 1. The van der Waals surface area contributed by atoms with Gasteiger partial charge in [-0.25, -0.2) is 0 Å². The Bertz CT molecular complexity index is 879. The molecule has 1 N–H and O–H groups in total. The predicted molar refractivity (Wildman–Crippen MR) is 87.7 cm³/mol. The third kappa shape index (κ3) is 3.44. The van der Waals surface area contributed by atoms with Crippen LogP contribution in [0.25, 0.3) is 4.96 Å². The summed E-state index contributed by atoms with van der Waals surface area (Å²) in [5.41, 5.74) is 0.255. The zero-order valence-electron chi connectivity index (χ0n) is 12.2. The summed E-state index contributed by atoms with van der Waals surface area (Å²) in [6.07, 6.45) is 1.48. The maximum absolute atomic E-state index is 12.0. The second-order valence-electron chi connectivity index (χ2n) is 4.40. The Morgan fingerprint density at radius 2 is 2.38 bits per heavy atom. The number of benzene rings is 1. The number of hydrogen-bond acceptors (Lipinski definition) is 9. The van der Waals surface area contributed by atoms with Gasteiger partial charge < -0.3 is 10.1 Å². The fraction of sp³-hybridized carbons (Fsp3) is 0.167. The molecule has 0 spiro atoms. The van der Waals surface area contributed by atoms with E-state index in [1.807, 2.05) is 0 Å².